The number of nitrogens with zero attached hydrogens (tertiary/aromatic N) is 1. The summed E-state index contributed by atoms with van der Waals surface area (Å²) in [7, 11) is 1.32. The van der Waals surface area contributed by atoms with Crippen LogP contribution in [0.5, 0.6) is 0 Å². The van der Waals surface area contributed by atoms with Gasteiger partial charge in [-0.25, -0.2) is 4.79 Å². The summed E-state index contributed by atoms with van der Waals surface area (Å²) >= 11 is 1.24. The number of carbonyl (C=O) groups excluding carboxylic acids is 2. The van der Waals surface area contributed by atoms with Gasteiger partial charge < -0.3 is 15.8 Å². The third kappa shape index (κ3) is 4.17. The lowest BCUT2D eigenvalue weighted by atomic mass is 10.3. The van der Waals surface area contributed by atoms with Crippen molar-refractivity contribution < 1.29 is 14.3 Å². The maximum atomic E-state index is 11.9. The zero-order valence-electron chi connectivity index (χ0n) is 11.1. The highest BCUT2D eigenvalue weighted by Crippen LogP contribution is 2.23. The number of amides is 1. The molecule has 1 aliphatic rings. The van der Waals surface area contributed by atoms with Gasteiger partial charge in [0.15, 0.2) is 0 Å². The van der Waals surface area contributed by atoms with Crippen LogP contribution >= 0.6 is 23.7 Å². The standard InChI is InChI=1S/C12H17N3O3S.ClH/c1-18-12(17)11-9(3-5-19-11)14-10(16)7-15-4-2-8(13)6-15;/h3,5,8H,2,4,6-7,13H2,1H3,(H,14,16);1H/t8-;/m0./s1. The SMILES string of the molecule is COC(=O)c1sccc1NC(=O)CN1CC[C@H](N)C1.Cl. The molecule has 0 radical (unpaired) electrons. The molecule has 3 N–H and O–H groups in total. The fourth-order valence-corrected chi connectivity index (χ4v) is 2.82. The van der Waals surface area contributed by atoms with Crippen LogP contribution in [0.2, 0.25) is 0 Å². The average molecular weight is 320 g/mol. The molecule has 0 saturated carbocycles. The van der Waals surface area contributed by atoms with Crippen LogP contribution < -0.4 is 11.1 Å². The summed E-state index contributed by atoms with van der Waals surface area (Å²) in [4.78, 5) is 25.8. The summed E-state index contributed by atoms with van der Waals surface area (Å²) in [6, 6.07) is 1.85. The molecule has 0 unspecified atom stereocenters. The van der Waals surface area contributed by atoms with Crippen molar-refractivity contribution >= 4 is 41.3 Å². The Labute approximate surface area is 127 Å². The Bertz CT molecular complexity index is 480. The molecule has 6 nitrogen and oxygen atoms in total. The summed E-state index contributed by atoms with van der Waals surface area (Å²) in [6.07, 6.45) is 0.916. The first-order valence-corrected chi connectivity index (χ1v) is 6.91. The quantitative estimate of drug-likeness (QED) is 0.806. The van der Waals surface area contributed by atoms with Crippen LogP contribution in [0.15, 0.2) is 11.4 Å². The maximum Gasteiger partial charge on any atom is 0.350 e. The molecule has 1 amide bonds. The van der Waals surface area contributed by atoms with Gasteiger partial charge in [0.25, 0.3) is 0 Å². The van der Waals surface area contributed by atoms with Gasteiger partial charge in [-0.3, -0.25) is 9.69 Å². The molecule has 0 aliphatic carbocycles. The molecule has 0 aromatic carbocycles. The molecule has 8 heteroatoms. The number of methoxy groups -OCH3 is 1. The van der Waals surface area contributed by atoms with Crippen molar-refractivity contribution in [2.24, 2.45) is 5.73 Å². The number of hydrogen-bond donors (Lipinski definition) is 2. The molecule has 2 heterocycles. The minimum atomic E-state index is -0.437. The Hall–Kier alpha value is -1.15. The Kier molecular flexibility index (Phi) is 6.41. The van der Waals surface area contributed by atoms with Crippen LogP contribution in [0.25, 0.3) is 0 Å². The number of halogens is 1. The van der Waals surface area contributed by atoms with Crippen molar-refractivity contribution in [1.82, 2.24) is 4.90 Å². The number of esters is 1. The van der Waals surface area contributed by atoms with Crippen molar-refractivity contribution in [3.8, 4) is 0 Å². The predicted molar refractivity (Wildman–Crippen MR) is 80.6 cm³/mol. The van der Waals surface area contributed by atoms with E-state index in [9.17, 15) is 9.59 Å². The fourth-order valence-electron chi connectivity index (χ4n) is 2.06. The molecule has 1 atom stereocenters. The summed E-state index contributed by atoms with van der Waals surface area (Å²) in [5.74, 6) is -0.578. The first-order valence-electron chi connectivity index (χ1n) is 6.03. The number of nitrogens with two attached hydrogens (primary N) is 1. The smallest absolute Gasteiger partial charge is 0.350 e. The Morgan fingerprint density at radius 2 is 2.35 bits per heavy atom. The van der Waals surface area contributed by atoms with E-state index in [4.69, 9.17) is 5.73 Å². The van der Waals surface area contributed by atoms with Crippen molar-refractivity contribution in [3.63, 3.8) is 0 Å². The van der Waals surface area contributed by atoms with Crippen LogP contribution in [0.3, 0.4) is 0 Å². The van der Waals surface area contributed by atoms with Crippen molar-refractivity contribution in [1.29, 1.82) is 0 Å². The number of rotatable bonds is 4. The Balaban J connectivity index is 0.00000200. The largest absolute Gasteiger partial charge is 0.465 e. The van der Waals surface area contributed by atoms with Crippen molar-refractivity contribution in [2.75, 3.05) is 32.1 Å². The van der Waals surface area contributed by atoms with Crippen LogP contribution in [-0.2, 0) is 9.53 Å². The van der Waals surface area contributed by atoms with Crippen LogP contribution in [0.1, 0.15) is 16.1 Å². The number of carbonyl (C=O) groups is 2. The van der Waals surface area contributed by atoms with E-state index in [1.165, 1.54) is 18.4 Å². The van der Waals surface area contributed by atoms with E-state index in [0.717, 1.165) is 19.5 Å². The number of ether oxygens (including phenoxy) is 1. The molecule has 0 bridgehead atoms. The lowest BCUT2D eigenvalue weighted by molar-refractivity contribution is -0.117. The van der Waals surface area contributed by atoms with E-state index < -0.39 is 5.97 Å². The zero-order chi connectivity index (χ0) is 13.8. The highest BCUT2D eigenvalue weighted by atomic mass is 35.5. The van der Waals surface area contributed by atoms with Gasteiger partial charge in [0.2, 0.25) is 5.91 Å². The predicted octanol–water partition coefficient (Wildman–Crippen LogP) is 0.928. The highest BCUT2D eigenvalue weighted by molar-refractivity contribution is 7.12. The van der Waals surface area contributed by atoms with Gasteiger partial charge >= 0.3 is 5.97 Å². The Morgan fingerprint density at radius 3 is 2.95 bits per heavy atom. The molecule has 1 aromatic heterocycles. The zero-order valence-corrected chi connectivity index (χ0v) is 12.8. The summed E-state index contributed by atoms with van der Waals surface area (Å²) < 4.78 is 4.66. The first kappa shape index (κ1) is 16.9. The molecule has 1 fully saturated rings. The monoisotopic (exact) mass is 319 g/mol. The second kappa shape index (κ2) is 7.58. The normalized spacial score (nSPS) is 18.4. The molecular formula is C12H18ClN3O3S. The van der Waals surface area contributed by atoms with Gasteiger partial charge in [0.05, 0.1) is 19.3 Å². The maximum absolute atomic E-state index is 11.9. The average Bonchev–Trinajstić information content (AvgIpc) is 2.97. The van der Waals surface area contributed by atoms with Crippen molar-refractivity contribution in [3.05, 3.63) is 16.3 Å². The minimum absolute atomic E-state index is 0. The molecule has 0 spiro atoms. The lowest BCUT2D eigenvalue weighted by Gasteiger charge is -2.14. The third-order valence-electron chi connectivity index (χ3n) is 2.99. The summed E-state index contributed by atoms with van der Waals surface area (Å²) in [6.45, 7) is 1.87. The first-order chi connectivity index (χ1) is 9.10. The molecule has 2 rings (SSSR count). The van der Waals surface area contributed by atoms with E-state index in [1.807, 2.05) is 4.90 Å². The third-order valence-corrected chi connectivity index (χ3v) is 3.88. The van der Waals surface area contributed by atoms with E-state index in [0.29, 0.717) is 17.1 Å². The molecule has 1 aromatic rings. The van der Waals surface area contributed by atoms with Crippen LogP contribution in [0, 0.1) is 0 Å². The van der Waals surface area contributed by atoms with Gasteiger partial charge in [-0.2, -0.15) is 0 Å². The van der Waals surface area contributed by atoms with Crippen LogP contribution in [0.4, 0.5) is 5.69 Å². The number of anilines is 1. The molecule has 112 valence electrons. The summed E-state index contributed by atoms with van der Waals surface area (Å²) in [5.41, 5.74) is 6.29. The fraction of sp³-hybridized carbons (Fsp3) is 0.500. The van der Waals surface area contributed by atoms with Gasteiger partial charge in [0, 0.05) is 19.1 Å². The number of hydrogen-bond acceptors (Lipinski definition) is 6. The topological polar surface area (TPSA) is 84.7 Å². The van der Waals surface area contributed by atoms with Gasteiger partial charge in [-0.1, -0.05) is 0 Å². The van der Waals surface area contributed by atoms with Gasteiger partial charge in [-0.05, 0) is 17.9 Å². The second-order valence-corrected chi connectivity index (χ2v) is 5.40. The van der Waals surface area contributed by atoms with Gasteiger partial charge in [0.1, 0.15) is 4.88 Å². The molecular weight excluding hydrogens is 302 g/mol. The molecule has 1 aliphatic heterocycles. The number of thiophene rings is 1. The number of nitrogens with one attached hydrogen (secondary N) is 1. The summed E-state index contributed by atoms with van der Waals surface area (Å²) in [5, 5.41) is 4.48. The van der Waals surface area contributed by atoms with E-state index >= 15 is 0 Å². The van der Waals surface area contributed by atoms with Crippen LogP contribution in [-0.4, -0.2) is 49.6 Å². The lowest BCUT2D eigenvalue weighted by Crippen LogP contribution is -2.33. The second-order valence-electron chi connectivity index (χ2n) is 4.49. The van der Waals surface area contributed by atoms with Gasteiger partial charge in [-0.15, -0.1) is 23.7 Å². The number of likely N-dealkylation sites (tertiary alicyclic amines) is 1. The minimum Gasteiger partial charge on any atom is -0.465 e. The van der Waals surface area contributed by atoms with E-state index in [-0.39, 0.29) is 24.4 Å². The molecule has 20 heavy (non-hydrogen) atoms. The Morgan fingerprint density at radius 1 is 1.60 bits per heavy atom. The van der Waals surface area contributed by atoms with E-state index in [2.05, 4.69) is 10.1 Å². The van der Waals surface area contributed by atoms with E-state index in [1.54, 1.807) is 11.4 Å². The highest BCUT2D eigenvalue weighted by Gasteiger charge is 2.22. The molecule has 1 saturated heterocycles. The van der Waals surface area contributed by atoms with Crippen molar-refractivity contribution in [2.45, 2.75) is 12.5 Å².